The molecular formula is C12H9Cl2NO. The average molecular weight is 254 g/mol. The first-order chi connectivity index (χ1) is 7.61. The SMILES string of the molecule is Cc1nccc(-c2c(Cl)cccc2Cl)c1O. The van der Waals surface area contributed by atoms with Crippen LogP contribution < -0.4 is 0 Å². The molecule has 1 aromatic carbocycles. The van der Waals surface area contributed by atoms with E-state index in [0.717, 1.165) is 0 Å². The summed E-state index contributed by atoms with van der Waals surface area (Å²) < 4.78 is 0. The summed E-state index contributed by atoms with van der Waals surface area (Å²) in [5, 5.41) is 10.9. The van der Waals surface area contributed by atoms with Crippen molar-refractivity contribution in [2.75, 3.05) is 0 Å². The van der Waals surface area contributed by atoms with Crippen molar-refractivity contribution < 1.29 is 5.11 Å². The van der Waals surface area contributed by atoms with Gasteiger partial charge in [-0.25, -0.2) is 0 Å². The van der Waals surface area contributed by atoms with Crippen molar-refractivity contribution in [3.8, 4) is 16.9 Å². The second-order valence-corrected chi connectivity index (χ2v) is 4.20. The van der Waals surface area contributed by atoms with Gasteiger partial charge in [-0.15, -0.1) is 0 Å². The lowest BCUT2D eigenvalue weighted by Gasteiger charge is -2.09. The molecule has 0 saturated heterocycles. The summed E-state index contributed by atoms with van der Waals surface area (Å²) in [6, 6.07) is 6.92. The standard InChI is InChI=1S/C12H9Cl2NO/c1-7-12(16)8(5-6-15-7)11-9(13)3-2-4-10(11)14/h2-6,16H,1H3. The fourth-order valence-corrected chi connectivity index (χ4v) is 2.12. The zero-order valence-corrected chi connectivity index (χ0v) is 10.0. The van der Waals surface area contributed by atoms with Crippen LogP contribution in [0.4, 0.5) is 0 Å². The number of aromatic hydroxyl groups is 1. The predicted molar refractivity (Wildman–Crippen MR) is 66.1 cm³/mol. The normalized spacial score (nSPS) is 10.4. The van der Waals surface area contributed by atoms with Crippen LogP contribution in [0.3, 0.4) is 0 Å². The van der Waals surface area contributed by atoms with Gasteiger partial charge in [-0.05, 0) is 25.1 Å². The Balaban J connectivity index is 2.73. The minimum absolute atomic E-state index is 0.109. The molecule has 4 heteroatoms. The number of aryl methyl sites for hydroxylation is 1. The summed E-state index contributed by atoms with van der Waals surface area (Å²) in [4.78, 5) is 3.99. The van der Waals surface area contributed by atoms with Crippen molar-refractivity contribution >= 4 is 23.2 Å². The van der Waals surface area contributed by atoms with Crippen molar-refractivity contribution in [3.63, 3.8) is 0 Å². The van der Waals surface area contributed by atoms with Gasteiger partial charge in [-0.3, -0.25) is 4.98 Å². The molecule has 0 aliphatic heterocycles. The van der Waals surface area contributed by atoms with Crippen LogP contribution in [-0.2, 0) is 0 Å². The molecule has 1 N–H and O–H groups in total. The highest BCUT2D eigenvalue weighted by Gasteiger charge is 2.13. The molecule has 2 aromatic rings. The van der Waals surface area contributed by atoms with E-state index in [-0.39, 0.29) is 5.75 Å². The first-order valence-corrected chi connectivity index (χ1v) is 5.46. The van der Waals surface area contributed by atoms with E-state index in [1.165, 1.54) is 0 Å². The van der Waals surface area contributed by atoms with Crippen molar-refractivity contribution in [1.29, 1.82) is 0 Å². The molecule has 16 heavy (non-hydrogen) atoms. The van der Waals surface area contributed by atoms with Gasteiger partial charge in [0.2, 0.25) is 0 Å². The van der Waals surface area contributed by atoms with Crippen molar-refractivity contribution in [3.05, 3.63) is 46.2 Å². The zero-order valence-electron chi connectivity index (χ0n) is 8.54. The summed E-state index contributed by atoms with van der Waals surface area (Å²) >= 11 is 12.1. The monoisotopic (exact) mass is 253 g/mol. The topological polar surface area (TPSA) is 33.1 Å². The van der Waals surface area contributed by atoms with Crippen LogP contribution in [0, 0.1) is 6.92 Å². The molecular weight excluding hydrogens is 245 g/mol. The lowest BCUT2D eigenvalue weighted by molar-refractivity contribution is 0.470. The van der Waals surface area contributed by atoms with E-state index in [1.807, 2.05) is 0 Å². The van der Waals surface area contributed by atoms with Gasteiger partial charge in [-0.2, -0.15) is 0 Å². The van der Waals surface area contributed by atoms with Crippen molar-refractivity contribution in [1.82, 2.24) is 4.98 Å². The number of aromatic nitrogens is 1. The third kappa shape index (κ3) is 1.86. The Morgan fingerprint density at radius 2 is 1.75 bits per heavy atom. The minimum atomic E-state index is 0.109. The number of pyridine rings is 1. The smallest absolute Gasteiger partial charge is 0.144 e. The Labute approximate surface area is 103 Å². The Hall–Kier alpha value is -1.25. The molecule has 0 saturated carbocycles. The highest BCUT2D eigenvalue weighted by Crippen LogP contribution is 2.39. The Morgan fingerprint density at radius 3 is 2.38 bits per heavy atom. The molecule has 0 aliphatic carbocycles. The third-order valence-corrected chi connectivity index (χ3v) is 2.97. The van der Waals surface area contributed by atoms with Gasteiger partial charge in [0.25, 0.3) is 0 Å². The lowest BCUT2D eigenvalue weighted by Crippen LogP contribution is -1.87. The minimum Gasteiger partial charge on any atom is -0.505 e. The number of benzene rings is 1. The van der Waals surface area contributed by atoms with Gasteiger partial charge >= 0.3 is 0 Å². The molecule has 82 valence electrons. The number of hydrogen-bond acceptors (Lipinski definition) is 2. The van der Waals surface area contributed by atoms with Crippen molar-refractivity contribution in [2.24, 2.45) is 0 Å². The second kappa shape index (κ2) is 4.32. The molecule has 1 heterocycles. The van der Waals surface area contributed by atoms with E-state index < -0.39 is 0 Å². The Bertz CT molecular complexity index is 520. The summed E-state index contributed by atoms with van der Waals surface area (Å²) in [5.74, 6) is 0.109. The fraction of sp³-hybridized carbons (Fsp3) is 0.0833. The zero-order chi connectivity index (χ0) is 11.7. The van der Waals surface area contributed by atoms with Crippen LogP contribution in [0.5, 0.6) is 5.75 Å². The van der Waals surface area contributed by atoms with Crippen LogP contribution in [0.2, 0.25) is 10.0 Å². The van der Waals surface area contributed by atoms with E-state index in [0.29, 0.717) is 26.9 Å². The summed E-state index contributed by atoms with van der Waals surface area (Å²) in [6.07, 6.45) is 1.62. The van der Waals surface area contributed by atoms with Gasteiger partial charge in [0.15, 0.2) is 0 Å². The quantitative estimate of drug-likeness (QED) is 0.832. The van der Waals surface area contributed by atoms with Crippen LogP contribution in [0.1, 0.15) is 5.69 Å². The van der Waals surface area contributed by atoms with E-state index in [4.69, 9.17) is 23.2 Å². The molecule has 0 radical (unpaired) electrons. The van der Waals surface area contributed by atoms with Crippen LogP contribution >= 0.6 is 23.2 Å². The average Bonchev–Trinajstić information content (AvgIpc) is 2.24. The second-order valence-electron chi connectivity index (χ2n) is 3.39. The van der Waals surface area contributed by atoms with Crippen LogP contribution in [0.15, 0.2) is 30.5 Å². The van der Waals surface area contributed by atoms with E-state index in [9.17, 15) is 5.11 Å². The van der Waals surface area contributed by atoms with E-state index in [1.54, 1.807) is 37.4 Å². The van der Waals surface area contributed by atoms with E-state index >= 15 is 0 Å². The Morgan fingerprint density at radius 1 is 1.12 bits per heavy atom. The number of hydrogen-bond donors (Lipinski definition) is 1. The maximum Gasteiger partial charge on any atom is 0.144 e. The molecule has 0 fully saturated rings. The molecule has 0 bridgehead atoms. The molecule has 2 nitrogen and oxygen atoms in total. The van der Waals surface area contributed by atoms with Gasteiger partial charge in [0, 0.05) is 17.3 Å². The predicted octanol–water partition coefficient (Wildman–Crippen LogP) is 4.07. The largest absolute Gasteiger partial charge is 0.505 e. The molecule has 0 aliphatic rings. The van der Waals surface area contributed by atoms with Gasteiger partial charge in [0.05, 0.1) is 15.7 Å². The molecule has 0 amide bonds. The Kier molecular flexibility index (Phi) is 3.03. The highest BCUT2D eigenvalue weighted by molar-refractivity contribution is 6.39. The highest BCUT2D eigenvalue weighted by atomic mass is 35.5. The fourth-order valence-electron chi connectivity index (χ4n) is 1.52. The molecule has 0 unspecified atom stereocenters. The van der Waals surface area contributed by atoms with Crippen LogP contribution in [-0.4, -0.2) is 10.1 Å². The van der Waals surface area contributed by atoms with E-state index in [2.05, 4.69) is 4.98 Å². The summed E-state index contributed by atoms with van der Waals surface area (Å²) in [7, 11) is 0. The van der Waals surface area contributed by atoms with Crippen molar-refractivity contribution in [2.45, 2.75) is 6.92 Å². The van der Waals surface area contributed by atoms with Gasteiger partial charge < -0.3 is 5.11 Å². The number of rotatable bonds is 1. The van der Waals surface area contributed by atoms with Crippen LogP contribution in [0.25, 0.3) is 11.1 Å². The van der Waals surface area contributed by atoms with Gasteiger partial charge in [0.1, 0.15) is 5.75 Å². The molecule has 1 aromatic heterocycles. The first-order valence-electron chi connectivity index (χ1n) is 4.70. The first kappa shape index (κ1) is 11.2. The number of halogens is 2. The summed E-state index contributed by atoms with van der Waals surface area (Å²) in [6.45, 7) is 1.73. The lowest BCUT2D eigenvalue weighted by atomic mass is 10.0. The number of nitrogens with zero attached hydrogens (tertiary/aromatic N) is 1. The third-order valence-electron chi connectivity index (χ3n) is 2.34. The molecule has 0 spiro atoms. The molecule has 0 atom stereocenters. The summed E-state index contributed by atoms with van der Waals surface area (Å²) in [5.41, 5.74) is 1.78. The maximum atomic E-state index is 9.92. The maximum absolute atomic E-state index is 9.92. The molecule has 2 rings (SSSR count). The van der Waals surface area contributed by atoms with Gasteiger partial charge in [-0.1, -0.05) is 29.3 Å².